The molecule has 32 heavy (non-hydrogen) atoms. The largest absolute Gasteiger partial charge is 0.359 e. The van der Waals surface area contributed by atoms with Gasteiger partial charge in [-0.3, -0.25) is 4.98 Å². The molecule has 1 aromatic heterocycles. The molecule has 5 heteroatoms. The summed E-state index contributed by atoms with van der Waals surface area (Å²) >= 11 is 0. The molecule has 0 radical (unpaired) electrons. The Hall–Kier alpha value is -2.73. The Morgan fingerprint density at radius 3 is 2.50 bits per heavy atom. The lowest BCUT2D eigenvalue weighted by molar-refractivity contribution is 0.0476. The molecule has 2 N–H and O–H groups in total. The minimum Gasteiger partial charge on any atom is -0.359 e. The molecule has 3 rings (SSSR count). The van der Waals surface area contributed by atoms with Gasteiger partial charge in [-0.2, -0.15) is 0 Å². The van der Waals surface area contributed by atoms with Gasteiger partial charge in [0.05, 0.1) is 5.69 Å². The molecule has 5 nitrogen and oxygen atoms in total. The number of hydrogen-bond acceptors (Lipinski definition) is 5. The SMILES string of the molecule is C=C1NC(C)=CC(C)=C1Cc1cc(-c2cccc(CN(C)N(C)C)c2)nc(C)c1CNC. The highest BCUT2D eigenvalue weighted by atomic mass is 15.6. The highest BCUT2D eigenvalue weighted by Gasteiger charge is 2.17. The molecular weight excluding hydrogens is 394 g/mol. The normalized spacial score (nSPS) is 14.3. The summed E-state index contributed by atoms with van der Waals surface area (Å²) < 4.78 is 0. The Morgan fingerprint density at radius 1 is 1.09 bits per heavy atom. The van der Waals surface area contributed by atoms with E-state index >= 15 is 0 Å². The first kappa shape index (κ1) is 23.9. The molecule has 0 saturated heterocycles. The van der Waals surface area contributed by atoms with Gasteiger partial charge >= 0.3 is 0 Å². The molecule has 1 aromatic carbocycles. The average molecular weight is 432 g/mol. The van der Waals surface area contributed by atoms with Crippen molar-refractivity contribution in [1.82, 2.24) is 25.6 Å². The lowest BCUT2D eigenvalue weighted by atomic mass is 9.91. The fourth-order valence-corrected chi connectivity index (χ4v) is 4.16. The van der Waals surface area contributed by atoms with Crippen LogP contribution in [0.25, 0.3) is 11.3 Å². The zero-order chi connectivity index (χ0) is 23.4. The molecule has 0 aliphatic carbocycles. The number of aryl methyl sites for hydroxylation is 1. The van der Waals surface area contributed by atoms with Crippen LogP contribution in [0.2, 0.25) is 0 Å². The Bertz CT molecular complexity index is 1060. The van der Waals surface area contributed by atoms with Crippen molar-refractivity contribution in [3.05, 3.63) is 87.9 Å². The lowest BCUT2D eigenvalue weighted by Gasteiger charge is -2.24. The van der Waals surface area contributed by atoms with E-state index in [0.29, 0.717) is 0 Å². The lowest BCUT2D eigenvalue weighted by Crippen LogP contribution is -2.32. The molecule has 2 aromatic rings. The van der Waals surface area contributed by atoms with Crippen LogP contribution in [0.4, 0.5) is 0 Å². The van der Waals surface area contributed by atoms with Gasteiger partial charge in [0.15, 0.2) is 0 Å². The van der Waals surface area contributed by atoms with Crippen LogP contribution < -0.4 is 10.6 Å². The van der Waals surface area contributed by atoms with Crippen molar-refractivity contribution in [2.45, 2.75) is 40.3 Å². The van der Waals surface area contributed by atoms with E-state index in [-0.39, 0.29) is 0 Å². The van der Waals surface area contributed by atoms with Crippen LogP contribution in [0.3, 0.4) is 0 Å². The van der Waals surface area contributed by atoms with Gasteiger partial charge in [0.25, 0.3) is 0 Å². The summed E-state index contributed by atoms with van der Waals surface area (Å²) in [7, 11) is 8.20. The first-order valence-corrected chi connectivity index (χ1v) is 11.2. The van der Waals surface area contributed by atoms with Gasteiger partial charge in [-0.1, -0.05) is 24.8 Å². The second-order valence-electron chi connectivity index (χ2n) is 8.89. The van der Waals surface area contributed by atoms with Crippen LogP contribution in [-0.4, -0.2) is 43.2 Å². The fraction of sp³-hybridized carbons (Fsp3) is 0.370. The number of nitrogens with zero attached hydrogens (tertiary/aromatic N) is 3. The van der Waals surface area contributed by atoms with Crippen molar-refractivity contribution >= 4 is 0 Å². The number of allylic oxidation sites excluding steroid dienone is 4. The highest BCUT2D eigenvalue weighted by Crippen LogP contribution is 2.29. The zero-order valence-corrected chi connectivity index (χ0v) is 20.6. The molecule has 0 spiro atoms. The number of hydrogen-bond donors (Lipinski definition) is 2. The van der Waals surface area contributed by atoms with Crippen molar-refractivity contribution in [3.8, 4) is 11.3 Å². The van der Waals surface area contributed by atoms with Crippen LogP contribution in [0.1, 0.15) is 36.2 Å². The number of rotatable bonds is 8. The molecule has 2 heterocycles. The second-order valence-corrected chi connectivity index (χ2v) is 8.89. The zero-order valence-electron chi connectivity index (χ0n) is 20.6. The maximum Gasteiger partial charge on any atom is 0.0708 e. The van der Waals surface area contributed by atoms with E-state index in [0.717, 1.165) is 47.9 Å². The molecule has 0 amide bonds. The topological polar surface area (TPSA) is 43.4 Å². The molecule has 0 fully saturated rings. The van der Waals surface area contributed by atoms with Crippen LogP contribution >= 0.6 is 0 Å². The molecular formula is C27H37N5. The number of hydrazine groups is 1. The summed E-state index contributed by atoms with van der Waals surface area (Å²) in [6.45, 7) is 12.3. The first-order valence-electron chi connectivity index (χ1n) is 11.2. The smallest absolute Gasteiger partial charge is 0.0708 e. The van der Waals surface area contributed by atoms with Crippen LogP contribution in [0.5, 0.6) is 0 Å². The van der Waals surface area contributed by atoms with Crippen molar-refractivity contribution in [1.29, 1.82) is 0 Å². The number of dihydropyridines is 1. The molecule has 0 atom stereocenters. The van der Waals surface area contributed by atoms with Gasteiger partial charge in [-0.05, 0) is 73.9 Å². The third kappa shape index (κ3) is 5.54. The summed E-state index contributed by atoms with van der Waals surface area (Å²) in [4.78, 5) is 4.99. The van der Waals surface area contributed by atoms with Crippen molar-refractivity contribution < 1.29 is 0 Å². The first-order chi connectivity index (χ1) is 15.2. The summed E-state index contributed by atoms with van der Waals surface area (Å²) in [5.41, 5.74) is 11.7. The summed E-state index contributed by atoms with van der Waals surface area (Å²) in [5, 5.41) is 11.0. The fourth-order valence-electron chi connectivity index (χ4n) is 4.16. The maximum absolute atomic E-state index is 4.99. The van der Waals surface area contributed by atoms with E-state index in [1.165, 1.54) is 27.8 Å². The molecule has 1 aliphatic rings. The summed E-state index contributed by atoms with van der Waals surface area (Å²) in [5.74, 6) is 0. The van der Waals surface area contributed by atoms with Crippen LogP contribution in [-0.2, 0) is 19.5 Å². The van der Waals surface area contributed by atoms with E-state index in [4.69, 9.17) is 4.98 Å². The van der Waals surface area contributed by atoms with E-state index in [1.54, 1.807) is 0 Å². The van der Waals surface area contributed by atoms with Crippen LogP contribution in [0.15, 0.2) is 65.5 Å². The van der Waals surface area contributed by atoms with E-state index in [9.17, 15) is 0 Å². The standard InChI is InChI=1S/C27H37N5/c1-18-12-19(2)29-20(3)25(18)14-24-15-27(30-21(4)26(24)16-28-5)23-11-9-10-22(13-23)17-32(8)31(6)7/h9-13,15,28-29H,3,14,16-17H2,1-2,4-8H3. The minimum atomic E-state index is 0.795. The predicted molar refractivity (Wildman–Crippen MR) is 135 cm³/mol. The van der Waals surface area contributed by atoms with E-state index < -0.39 is 0 Å². The number of aromatic nitrogens is 1. The molecule has 170 valence electrons. The Kier molecular flexibility index (Phi) is 7.67. The Balaban J connectivity index is 2.02. The van der Waals surface area contributed by atoms with Gasteiger partial charge in [0.1, 0.15) is 0 Å². The predicted octanol–water partition coefficient (Wildman–Crippen LogP) is 4.56. The Morgan fingerprint density at radius 2 is 1.84 bits per heavy atom. The van der Waals surface area contributed by atoms with Crippen molar-refractivity contribution in [2.75, 3.05) is 28.2 Å². The maximum atomic E-state index is 4.99. The summed E-state index contributed by atoms with van der Waals surface area (Å²) in [6, 6.07) is 11.0. The number of benzene rings is 1. The quantitative estimate of drug-likeness (QED) is 0.600. The van der Waals surface area contributed by atoms with E-state index in [1.807, 2.05) is 7.05 Å². The number of nitrogens with one attached hydrogen (secondary N) is 2. The van der Waals surface area contributed by atoms with Gasteiger partial charge in [0.2, 0.25) is 0 Å². The highest BCUT2D eigenvalue weighted by molar-refractivity contribution is 5.63. The molecule has 0 bridgehead atoms. The average Bonchev–Trinajstić information content (AvgIpc) is 2.72. The molecule has 0 saturated carbocycles. The van der Waals surface area contributed by atoms with E-state index in [2.05, 4.69) is 106 Å². The second kappa shape index (κ2) is 10.3. The Labute approximate surface area is 193 Å². The van der Waals surface area contributed by atoms with Gasteiger partial charge in [0, 0.05) is 63.3 Å². The van der Waals surface area contributed by atoms with Gasteiger partial charge in [-0.25, -0.2) is 10.0 Å². The third-order valence-corrected chi connectivity index (χ3v) is 6.08. The summed E-state index contributed by atoms with van der Waals surface area (Å²) in [6.07, 6.45) is 3.03. The minimum absolute atomic E-state index is 0.795. The van der Waals surface area contributed by atoms with Crippen molar-refractivity contribution in [3.63, 3.8) is 0 Å². The molecule has 1 aliphatic heterocycles. The van der Waals surface area contributed by atoms with Crippen molar-refractivity contribution in [2.24, 2.45) is 0 Å². The number of pyridine rings is 1. The monoisotopic (exact) mass is 431 g/mol. The third-order valence-electron chi connectivity index (χ3n) is 6.08. The van der Waals surface area contributed by atoms with Gasteiger partial charge < -0.3 is 10.6 Å². The van der Waals surface area contributed by atoms with Gasteiger partial charge in [-0.15, -0.1) is 0 Å². The van der Waals surface area contributed by atoms with Crippen LogP contribution in [0, 0.1) is 6.92 Å². The molecule has 0 unspecified atom stereocenters.